The van der Waals surface area contributed by atoms with Crippen molar-refractivity contribution in [3.05, 3.63) is 29.3 Å². The number of Topliss-reactive ketones (excluding diaryl/α,β-unsaturated/α-hetero) is 1. The highest BCUT2D eigenvalue weighted by atomic mass is 16.5. The van der Waals surface area contributed by atoms with Crippen molar-refractivity contribution < 1.29 is 19.4 Å². The van der Waals surface area contributed by atoms with Crippen molar-refractivity contribution in [2.45, 2.75) is 38.5 Å². The Bertz CT molecular complexity index is 578. The molecule has 1 aromatic rings. The number of rotatable bonds is 2. The molecule has 1 saturated carbocycles. The van der Waals surface area contributed by atoms with Gasteiger partial charge in [0.2, 0.25) is 0 Å². The second-order valence-corrected chi connectivity index (χ2v) is 6.14. The Hall–Kier alpha value is -1.84. The third-order valence-electron chi connectivity index (χ3n) is 4.84. The Morgan fingerprint density at radius 1 is 1.33 bits per heavy atom. The van der Waals surface area contributed by atoms with Crippen molar-refractivity contribution in [1.29, 1.82) is 0 Å². The first-order valence-corrected chi connectivity index (χ1v) is 7.61. The number of aliphatic carboxylic acids is 1. The molecule has 1 fully saturated rings. The zero-order chi connectivity index (χ0) is 15.0. The van der Waals surface area contributed by atoms with Gasteiger partial charge in [-0.3, -0.25) is 9.59 Å². The van der Waals surface area contributed by atoms with E-state index in [-0.39, 0.29) is 11.7 Å². The molecule has 1 heterocycles. The molecule has 0 bridgehead atoms. The molecule has 0 aromatic heterocycles. The van der Waals surface area contributed by atoms with Gasteiger partial charge in [0, 0.05) is 11.8 Å². The molecular formula is C17H20O4. The van der Waals surface area contributed by atoms with E-state index < -0.39 is 11.9 Å². The minimum absolute atomic E-state index is 0.0720. The molecule has 1 aliphatic carbocycles. The van der Waals surface area contributed by atoms with Gasteiger partial charge in [0.1, 0.15) is 5.75 Å². The highest BCUT2D eigenvalue weighted by Crippen LogP contribution is 2.38. The molecule has 1 aromatic carbocycles. The number of fused-ring (bicyclic) bond motifs is 2. The zero-order valence-electron chi connectivity index (χ0n) is 12.2. The summed E-state index contributed by atoms with van der Waals surface area (Å²) in [5.41, 5.74) is 1.30. The van der Waals surface area contributed by atoms with Crippen LogP contribution in [0.15, 0.2) is 18.2 Å². The van der Waals surface area contributed by atoms with E-state index in [1.54, 1.807) is 25.1 Å². The number of ether oxygens (including phenoxy) is 1. The van der Waals surface area contributed by atoms with Crippen LogP contribution in [0.2, 0.25) is 0 Å². The van der Waals surface area contributed by atoms with Crippen molar-refractivity contribution in [2.24, 2.45) is 11.8 Å². The lowest BCUT2D eigenvalue weighted by Gasteiger charge is -2.27. The van der Waals surface area contributed by atoms with Crippen molar-refractivity contribution in [3.8, 4) is 5.75 Å². The molecule has 0 saturated heterocycles. The maximum Gasteiger partial charge on any atom is 0.310 e. The lowest BCUT2D eigenvalue weighted by Crippen LogP contribution is -2.28. The molecule has 0 spiro atoms. The summed E-state index contributed by atoms with van der Waals surface area (Å²) in [6, 6.07) is 5.20. The first-order valence-electron chi connectivity index (χ1n) is 7.61. The summed E-state index contributed by atoms with van der Waals surface area (Å²) in [5.74, 6) is -0.369. The number of benzene rings is 1. The summed E-state index contributed by atoms with van der Waals surface area (Å²) in [5, 5.41) is 9.11. The van der Waals surface area contributed by atoms with Crippen LogP contribution in [-0.2, 0) is 4.79 Å². The van der Waals surface area contributed by atoms with Crippen LogP contribution in [0.5, 0.6) is 5.75 Å². The molecule has 1 aliphatic heterocycles. The molecule has 1 unspecified atom stereocenters. The van der Waals surface area contributed by atoms with Gasteiger partial charge in [-0.15, -0.1) is 0 Å². The monoisotopic (exact) mass is 288 g/mol. The number of carboxylic acids is 1. The topological polar surface area (TPSA) is 63.6 Å². The number of ketones is 1. The molecular weight excluding hydrogens is 268 g/mol. The van der Waals surface area contributed by atoms with Gasteiger partial charge in [0.25, 0.3) is 0 Å². The summed E-state index contributed by atoms with van der Waals surface area (Å²) in [6.45, 7) is 2.21. The number of carbonyl (C=O) groups is 2. The van der Waals surface area contributed by atoms with Gasteiger partial charge in [0.05, 0.1) is 18.1 Å². The number of carbonyl (C=O) groups excluding carboxylic acids is 1. The van der Waals surface area contributed by atoms with Crippen molar-refractivity contribution in [1.82, 2.24) is 0 Å². The van der Waals surface area contributed by atoms with Gasteiger partial charge < -0.3 is 9.84 Å². The molecule has 0 amide bonds. The third-order valence-corrected chi connectivity index (χ3v) is 4.84. The Morgan fingerprint density at radius 2 is 2.10 bits per heavy atom. The minimum Gasteiger partial charge on any atom is -0.493 e. The van der Waals surface area contributed by atoms with E-state index in [9.17, 15) is 9.59 Å². The molecule has 3 atom stereocenters. The minimum atomic E-state index is -0.872. The summed E-state index contributed by atoms with van der Waals surface area (Å²) in [7, 11) is 0. The van der Waals surface area contributed by atoms with Gasteiger partial charge in [0.15, 0.2) is 5.78 Å². The van der Waals surface area contributed by atoms with Crippen molar-refractivity contribution in [2.75, 3.05) is 6.61 Å². The van der Waals surface area contributed by atoms with Crippen LogP contribution in [0.25, 0.3) is 0 Å². The SMILES string of the molecule is CC(C(=O)O)c1ccc2c(c1)OC[C@H]1CCCC[C@@H]1C2=O. The lowest BCUT2D eigenvalue weighted by molar-refractivity contribution is -0.138. The van der Waals surface area contributed by atoms with Crippen LogP contribution in [-0.4, -0.2) is 23.5 Å². The predicted octanol–water partition coefficient (Wildman–Crippen LogP) is 3.26. The highest BCUT2D eigenvalue weighted by Gasteiger charge is 2.36. The Balaban J connectivity index is 1.95. The summed E-state index contributed by atoms with van der Waals surface area (Å²) in [4.78, 5) is 23.8. The van der Waals surface area contributed by atoms with E-state index in [1.807, 2.05) is 0 Å². The van der Waals surface area contributed by atoms with Crippen LogP contribution < -0.4 is 4.74 Å². The van der Waals surface area contributed by atoms with E-state index in [2.05, 4.69) is 0 Å². The van der Waals surface area contributed by atoms with Gasteiger partial charge in [-0.2, -0.15) is 0 Å². The third kappa shape index (κ3) is 2.55. The van der Waals surface area contributed by atoms with E-state index >= 15 is 0 Å². The Morgan fingerprint density at radius 3 is 2.86 bits per heavy atom. The van der Waals surface area contributed by atoms with E-state index in [0.29, 0.717) is 29.4 Å². The Labute approximate surface area is 124 Å². The molecule has 4 nitrogen and oxygen atoms in total. The lowest BCUT2D eigenvalue weighted by atomic mass is 9.76. The fourth-order valence-electron chi connectivity index (χ4n) is 3.42. The number of carboxylic acid groups (broad SMARTS) is 1. The van der Waals surface area contributed by atoms with E-state index in [4.69, 9.17) is 9.84 Å². The largest absolute Gasteiger partial charge is 0.493 e. The van der Waals surface area contributed by atoms with Crippen molar-refractivity contribution >= 4 is 11.8 Å². The number of hydrogen-bond donors (Lipinski definition) is 1. The first-order chi connectivity index (χ1) is 10.1. The molecule has 4 heteroatoms. The maximum absolute atomic E-state index is 12.7. The summed E-state index contributed by atoms with van der Waals surface area (Å²) < 4.78 is 5.85. The standard InChI is InChI=1S/C17H20O4/c1-10(17(19)20)11-6-7-14-15(8-11)21-9-12-4-2-3-5-13(12)16(14)18/h6-8,10,12-13H,2-5,9H2,1H3,(H,19,20)/t10?,12-,13+/m1/s1. The smallest absolute Gasteiger partial charge is 0.310 e. The van der Waals surface area contributed by atoms with Crippen LogP contribution in [0, 0.1) is 11.8 Å². The number of hydrogen-bond acceptors (Lipinski definition) is 3. The van der Waals surface area contributed by atoms with Crippen LogP contribution >= 0.6 is 0 Å². The molecule has 0 radical (unpaired) electrons. The zero-order valence-corrected chi connectivity index (χ0v) is 12.2. The maximum atomic E-state index is 12.7. The fourth-order valence-corrected chi connectivity index (χ4v) is 3.42. The second-order valence-electron chi connectivity index (χ2n) is 6.14. The normalized spacial score (nSPS) is 26.0. The molecule has 2 aliphatic rings. The molecule has 3 rings (SSSR count). The quantitative estimate of drug-likeness (QED) is 0.907. The van der Waals surface area contributed by atoms with Gasteiger partial charge in [-0.25, -0.2) is 0 Å². The van der Waals surface area contributed by atoms with Gasteiger partial charge in [-0.05, 0) is 37.5 Å². The Kier molecular flexibility index (Phi) is 3.70. The summed E-state index contributed by atoms with van der Waals surface area (Å²) in [6.07, 6.45) is 4.26. The highest BCUT2D eigenvalue weighted by molar-refractivity contribution is 6.01. The molecule has 1 N–H and O–H groups in total. The van der Waals surface area contributed by atoms with E-state index in [0.717, 1.165) is 25.7 Å². The second kappa shape index (κ2) is 5.51. The van der Waals surface area contributed by atoms with Crippen LogP contribution in [0.1, 0.15) is 54.4 Å². The van der Waals surface area contributed by atoms with Crippen molar-refractivity contribution in [3.63, 3.8) is 0 Å². The first kappa shape index (κ1) is 14.1. The fraction of sp³-hybridized carbons (Fsp3) is 0.529. The van der Waals surface area contributed by atoms with Crippen LogP contribution in [0.3, 0.4) is 0 Å². The average Bonchev–Trinajstić information content (AvgIpc) is 2.64. The average molecular weight is 288 g/mol. The van der Waals surface area contributed by atoms with E-state index in [1.165, 1.54) is 0 Å². The van der Waals surface area contributed by atoms with Crippen LogP contribution in [0.4, 0.5) is 0 Å². The molecule has 112 valence electrons. The van der Waals surface area contributed by atoms with Gasteiger partial charge in [-0.1, -0.05) is 18.9 Å². The van der Waals surface area contributed by atoms with Gasteiger partial charge >= 0.3 is 5.97 Å². The predicted molar refractivity (Wildman–Crippen MR) is 77.8 cm³/mol. The molecule has 21 heavy (non-hydrogen) atoms. The summed E-state index contributed by atoms with van der Waals surface area (Å²) >= 11 is 0.